The van der Waals surface area contributed by atoms with Crippen LogP contribution in [0.5, 0.6) is 0 Å². The highest BCUT2D eigenvalue weighted by Crippen LogP contribution is 2.31. The Labute approximate surface area is 134 Å². The molecule has 1 unspecified atom stereocenters. The Morgan fingerprint density at radius 1 is 1.48 bits per heavy atom. The van der Waals surface area contributed by atoms with Crippen molar-refractivity contribution < 1.29 is 13.2 Å². The second-order valence-electron chi connectivity index (χ2n) is 5.29. The zero-order chi connectivity index (χ0) is 15.6. The first kappa shape index (κ1) is 16.9. The smallest absolute Gasteiger partial charge is 0.244 e. The van der Waals surface area contributed by atoms with E-state index in [2.05, 4.69) is 21.2 Å². The Hall–Kier alpha value is -0.470. The molecule has 1 heterocycles. The van der Waals surface area contributed by atoms with Gasteiger partial charge < -0.3 is 10.1 Å². The third-order valence-electron chi connectivity index (χ3n) is 3.56. The van der Waals surface area contributed by atoms with Crippen molar-refractivity contribution in [3.05, 3.63) is 27.7 Å². The zero-order valence-electron chi connectivity index (χ0n) is 12.5. The number of halogens is 1. The van der Waals surface area contributed by atoms with E-state index in [1.807, 2.05) is 27.0 Å². The second-order valence-corrected chi connectivity index (χ2v) is 7.95. The first-order valence-electron chi connectivity index (χ1n) is 6.91. The summed E-state index contributed by atoms with van der Waals surface area (Å²) in [5.41, 5.74) is 1.87. The molecule has 1 aromatic carbocycles. The van der Waals surface area contributed by atoms with Crippen LogP contribution < -0.4 is 5.32 Å². The maximum Gasteiger partial charge on any atom is 0.244 e. The van der Waals surface area contributed by atoms with Crippen LogP contribution in [0.2, 0.25) is 0 Å². The van der Waals surface area contributed by atoms with Crippen LogP contribution in [-0.2, 0) is 21.3 Å². The summed E-state index contributed by atoms with van der Waals surface area (Å²) in [5.74, 6) is 0. The van der Waals surface area contributed by atoms with E-state index >= 15 is 0 Å². The van der Waals surface area contributed by atoms with Crippen molar-refractivity contribution in [2.45, 2.75) is 31.3 Å². The van der Waals surface area contributed by atoms with Gasteiger partial charge in [-0.05, 0) is 54.0 Å². The van der Waals surface area contributed by atoms with Crippen LogP contribution >= 0.6 is 15.9 Å². The molecule has 0 amide bonds. The fourth-order valence-corrected chi connectivity index (χ4v) is 5.13. The molecule has 0 radical (unpaired) electrons. The molecule has 0 aliphatic carbocycles. The first-order chi connectivity index (χ1) is 9.87. The maximum atomic E-state index is 12.9. The number of morpholine rings is 1. The van der Waals surface area contributed by atoms with Crippen molar-refractivity contribution in [3.63, 3.8) is 0 Å². The number of hydrogen-bond acceptors (Lipinski definition) is 4. The summed E-state index contributed by atoms with van der Waals surface area (Å²) in [4.78, 5) is 0.335. The Morgan fingerprint density at radius 3 is 2.81 bits per heavy atom. The minimum absolute atomic E-state index is 0.149. The summed E-state index contributed by atoms with van der Waals surface area (Å²) in [6.07, 6.45) is 0. The predicted octanol–water partition coefficient (Wildman–Crippen LogP) is 1.89. The molecule has 1 aliphatic heterocycles. The number of aryl methyl sites for hydroxylation is 1. The van der Waals surface area contributed by atoms with Gasteiger partial charge in [0.25, 0.3) is 0 Å². The highest BCUT2D eigenvalue weighted by Gasteiger charge is 2.33. The van der Waals surface area contributed by atoms with Crippen LogP contribution in [0.4, 0.5) is 0 Å². The molecule has 118 valence electrons. The monoisotopic (exact) mass is 376 g/mol. The molecule has 1 fully saturated rings. The Morgan fingerprint density at radius 2 is 2.19 bits per heavy atom. The topological polar surface area (TPSA) is 58.6 Å². The number of nitrogens with one attached hydrogen (secondary N) is 1. The molecule has 1 aromatic rings. The summed E-state index contributed by atoms with van der Waals surface area (Å²) in [6.45, 7) is 5.68. The normalized spacial score (nSPS) is 20.7. The minimum Gasteiger partial charge on any atom is -0.378 e. The largest absolute Gasteiger partial charge is 0.378 e. The van der Waals surface area contributed by atoms with Crippen LogP contribution in [0.3, 0.4) is 0 Å². The average molecular weight is 377 g/mol. The van der Waals surface area contributed by atoms with Crippen LogP contribution in [0.1, 0.15) is 18.1 Å². The highest BCUT2D eigenvalue weighted by atomic mass is 79.9. The summed E-state index contributed by atoms with van der Waals surface area (Å²) in [6, 6.07) is 3.58. The Balaban J connectivity index is 2.48. The lowest BCUT2D eigenvalue weighted by Crippen LogP contribution is -2.47. The molecule has 1 saturated heterocycles. The molecule has 1 atom stereocenters. The Bertz CT molecular complexity index is 619. The quantitative estimate of drug-likeness (QED) is 0.871. The lowest BCUT2D eigenvalue weighted by molar-refractivity contribution is 0.0392. The molecule has 0 spiro atoms. The predicted molar refractivity (Wildman–Crippen MR) is 85.8 cm³/mol. The van der Waals surface area contributed by atoms with Gasteiger partial charge in [-0.25, -0.2) is 8.42 Å². The van der Waals surface area contributed by atoms with Crippen LogP contribution in [0.25, 0.3) is 0 Å². The van der Waals surface area contributed by atoms with Crippen LogP contribution in [0, 0.1) is 6.92 Å². The highest BCUT2D eigenvalue weighted by molar-refractivity contribution is 9.10. The molecule has 0 saturated carbocycles. The maximum absolute atomic E-state index is 12.9. The number of hydrogen-bond donors (Lipinski definition) is 1. The molecule has 7 heteroatoms. The standard InChI is InChI=1S/C14H21BrN2O3S/c1-10-6-12(8-16-3)7-13(14(10)15)21(18,19)17-4-5-20-9-11(17)2/h6-7,11,16H,4-5,8-9H2,1-3H3. The molecule has 21 heavy (non-hydrogen) atoms. The van der Waals surface area contributed by atoms with E-state index in [0.717, 1.165) is 11.1 Å². The number of nitrogens with zero attached hydrogens (tertiary/aromatic N) is 1. The van der Waals surface area contributed by atoms with E-state index < -0.39 is 10.0 Å². The fourth-order valence-electron chi connectivity index (χ4n) is 2.50. The number of benzene rings is 1. The van der Waals surface area contributed by atoms with Gasteiger partial charge in [-0.15, -0.1) is 0 Å². The third kappa shape index (κ3) is 3.48. The molecule has 2 rings (SSSR count). The molecule has 1 N–H and O–H groups in total. The van der Waals surface area contributed by atoms with Gasteiger partial charge >= 0.3 is 0 Å². The van der Waals surface area contributed by atoms with Gasteiger partial charge in [-0.2, -0.15) is 4.31 Å². The molecular formula is C14H21BrN2O3S. The van der Waals surface area contributed by atoms with Crippen molar-refractivity contribution in [1.82, 2.24) is 9.62 Å². The van der Waals surface area contributed by atoms with Crippen molar-refractivity contribution in [3.8, 4) is 0 Å². The van der Waals surface area contributed by atoms with E-state index in [4.69, 9.17) is 4.74 Å². The lowest BCUT2D eigenvalue weighted by atomic mass is 10.1. The molecule has 0 bridgehead atoms. The number of rotatable bonds is 4. The molecular weight excluding hydrogens is 356 g/mol. The second kappa shape index (κ2) is 6.75. The summed E-state index contributed by atoms with van der Waals surface area (Å²) >= 11 is 3.43. The third-order valence-corrected chi connectivity index (χ3v) is 6.91. The van der Waals surface area contributed by atoms with Crippen LogP contribution in [-0.4, -0.2) is 45.6 Å². The van der Waals surface area contributed by atoms with E-state index in [1.165, 1.54) is 4.31 Å². The molecule has 1 aliphatic rings. The van der Waals surface area contributed by atoms with Crippen molar-refractivity contribution in [2.24, 2.45) is 0 Å². The van der Waals surface area contributed by atoms with Crippen LogP contribution in [0.15, 0.2) is 21.5 Å². The Kier molecular flexibility index (Phi) is 5.43. The lowest BCUT2D eigenvalue weighted by Gasteiger charge is -2.32. The summed E-state index contributed by atoms with van der Waals surface area (Å²) in [5, 5.41) is 3.05. The van der Waals surface area contributed by atoms with Crippen molar-refractivity contribution >= 4 is 26.0 Å². The van der Waals surface area contributed by atoms with E-state index in [-0.39, 0.29) is 6.04 Å². The van der Waals surface area contributed by atoms with Gasteiger partial charge in [0.15, 0.2) is 0 Å². The van der Waals surface area contributed by atoms with Crippen molar-refractivity contribution in [2.75, 3.05) is 26.8 Å². The van der Waals surface area contributed by atoms with Gasteiger partial charge in [-0.3, -0.25) is 0 Å². The van der Waals surface area contributed by atoms with Gasteiger partial charge in [0.05, 0.1) is 18.1 Å². The zero-order valence-corrected chi connectivity index (χ0v) is 14.9. The minimum atomic E-state index is -3.53. The SMILES string of the molecule is CNCc1cc(C)c(Br)c(S(=O)(=O)N2CCOCC2C)c1. The average Bonchev–Trinajstić information content (AvgIpc) is 2.43. The molecule has 5 nitrogen and oxygen atoms in total. The van der Waals surface area contributed by atoms with Crippen molar-refractivity contribution in [1.29, 1.82) is 0 Å². The van der Waals surface area contributed by atoms with Gasteiger partial charge in [-0.1, -0.05) is 6.07 Å². The van der Waals surface area contributed by atoms with E-state index in [1.54, 1.807) is 6.07 Å². The van der Waals surface area contributed by atoms with Gasteiger partial charge in [0.1, 0.15) is 0 Å². The van der Waals surface area contributed by atoms with Gasteiger partial charge in [0.2, 0.25) is 10.0 Å². The van der Waals surface area contributed by atoms with E-state index in [0.29, 0.717) is 35.7 Å². The number of ether oxygens (including phenoxy) is 1. The molecule has 0 aromatic heterocycles. The first-order valence-corrected chi connectivity index (χ1v) is 9.14. The summed E-state index contributed by atoms with van der Waals surface area (Å²) in [7, 11) is -1.68. The summed E-state index contributed by atoms with van der Waals surface area (Å²) < 4.78 is 33.4. The van der Waals surface area contributed by atoms with E-state index in [9.17, 15) is 8.42 Å². The number of sulfonamides is 1. The van der Waals surface area contributed by atoms with Gasteiger partial charge in [0, 0.05) is 23.6 Å². The fraction of sp³-hybridized carbons (Fsp3) is 0.571.